The minimum Gasteiger partial charge on any atom is -1.00 e. The number of benzene rings is 4. The standard InChI is InChI=1S/C25H29.C19H19.C2H6Si.2ClH.Zr/c1-17(2)19-11-13-21(14-12-19)24-6-4-5-22-15-23(16-25(22)24)20-9-7-18(3)8-10-20;1-13(2)15-7-9-16(10-8-15)18-6-4-5-17-11-14(3)12-19(17)18;1-3-2;;;/h4-6,11-18,20H,7-10H2,1-3H3;4-13H,1-3H3;1-2H3;2*1H;/q2*-1;;;;+2/p-2. The number of halogens is 2. The molecule has 0 nitrogen and oxygen atoms in total. The number of hydrogen-bond donors (Lipinski definition) is 0. The van der Waals surface area contributed by atoms with Gasteiger partial charge in [-0.05, 0) is 58.8 Å². The molecule has 0 radical (unpaired) electrons. The Morgan fingerprint density at radius 2 is 1.04 bits per heavy atom. The molecule has 0 aliphatic heterocycles. The predicted octanol–water partition coefficient (Wildman–Crippen LogP) is 8.09. The van der Waals surface area contributed by atoms with E-state index in [1.807, 2.05) is 0 Å². The molecule has 1 aliphatic carbocycles. The van der Waals surface area contributed by atoms with Gasteiger partial charge in [-0.25, -0.2) is 0 Å². The number of fused-ring (bicyclic) bond motifs is 2. The van der Waals surface area contributed by atoms with Crippen LogP contribution in [0.5, 0.6) is 0 Å². The van der Waals surface area contributed by atoms with Gasteiger partial charge in [-0.3, -0.25) is 0 Å². The zero-order valence-corrected chi connectivity index (χ0v) is 36.3. The Balaban J connectivity index is 0.000000242. The summed E-state index contributed by atoms with van der Waals surface area (Å²) in [7, 11) is 0. The van der Waals surface area contributed by atoms with Crippen molar-refractivity contribution in [2.45, 2.75) is 98.1 Å². The topological polar surface area (TPSA) is 0 Å². The van der Waals surface area contributed by atoms with Crippen molar-refractivity contribution in [1.29, 1.82) is 0 Å². The molecule has 0 bridgehead atoms. The third-order valence-corrected chi connectivity index (χ3v) is 9.93. The quantitative estimate of drug-likeness (QED) is 0.122. The Labute approximate surface area is 330 Å². The van der Waals surface area contributed by atoms with Crippen LogP contribution in [0.2, 0.25) is 13.1 Å². The molecule has 0 heterocycles. The van der Waals surface area contributed by atoms with E-state index in [1.165, 1.54) is 86.2 Å². The Morgan fingerprint density at radius 1 is 0.620 bits per heavy atom. The summed E-state index contributed by atoms with van der Waals surface area (Å²) in [5.74, 6) is 2.85. The summed E-state index contributed by atoms with van der Waals surface area (Å²) in [4.78, 5) is 0. The molecular formula is C46H54Cl2SiZr-2. The predicted molar refractivity (Wildman–Crippen MR) is 211 cm³/mol. The molecule has 0 spiro atoms. The molecule has 0 saturated heterocycles. The van der Waals surface area contributed by atoms with E-state index in [4.69, 9.17) is 0 Å². The van der Waals surface area contributed by atoms with Gasteiger partial charge in [0.2, 0.25) is 0 Å². The summed E-state index contributed by atoms with van der Waals surface area (Å²) in [5, 5.41) is 5.52. The first-order valence-corrected chi connectivity index (χ1v) is 24.3. The summed E-state index contributed by atoms with van der Waals surface area (Å²) in [6, 6.07) is 40.9. The van der Waals surface area contributed by atoms with Crippen LogP contribution in [0.1, 0.15) is 100 Å². The third-order valence-electron chi connectivity index (χ3n) is 9.93. The monoisotopic (exact) mass is 794 g/mol. The molecule has 50 heavy (non-hydrogen) atoms. The molecule has 1 saturated carbocycles. The molecular weight excluding hydrogens is 743 g/mol. The van der Waals surface area contributed by atoms with Crippen LogP contribution in [-0.2, 0) is 23.3 Å². The molecule has 1 aliphatic rings. The van der Waals surface area contributed by atoms with Crippen molar-refractivity contribution in [2.75, 3.05) is 0 Å². The van der Waals surface area contributed by atoms with Crippen molar-refractivity contribution in [3.05, 3.63) is 131 Å². The van der Waals surface area contributed by atoms with E-state index in [0.717, 1.165) is 11.8 Å². The molecule has 4 heteroatoms. The fourth-order valence-corrected chi connectivity index (χ4v) is 7.07. The largest absolute Gasteiger partial charge is 1.00 e. The minimum atomic E-state index is 0. The average Bonchev–Trinajstić information content (AvgIpc) is 3.68. The maximum atomic E-state index is 2.47. The van der Waals surface area contributed by atoms with Crippen LogP contribution in [0.15, 0.2) is 109 Å². The minimum absolute atomic E-state index is 0. The van der Waals surface area contributed by atoms with Crippen LogP contribution in [0.25, 0.3) is 43.8 Å². The third kappa shape index (κ3) is 10.9. The van der Waals surface area contributed by atoms with Crippen molar-refractivity contribution < 1.29 is 48.1 Å². The van der Waals surface area contributed by atoms with Crippen molar-refractivity contribution >= 4 is 27.0 Å². The van der Waals surface area contributed by atoms with Crippen molar-refractivity contribution in [3.63, 3.8) is 0 Å². The second-order valence-corrected chi connectivity index (χ2v) is 24.3. The molecule has 6 aromatic rings. The second kappa shape index (κ2) is 19.6. The van der Waals surface area contributed by atoms with Gasteiger partial charge in [0.25, 0.3) is 0 Å². The first-order chi connectivity index (χ1) is 23.0. The van der Waals surface area contributed by atoms with E-state index in [1.54, 1.807) is 28.9 Å². The zero-order valence-electron chi connectivity index (χ0n) is 31.3. The van der Waals surface area contributed by atoms with E-state index in [0.29, 0.717) is 11.8 Å². The van der Waals surface area contributed by atoms with Gasteiger partial charge in [-0.15, -0.1) is 69.1 Å². The van der Waals surface area contributed by atoms with Crippen LogP contribution in [-0.4, -0.2) is 5.43 Å². The van der Waals surface area contributed by atoms with E-state index in [-0.39, 0.29) is 30.2 Å². The molecule has 1 fully saturated rings. The summed E-state index contributed by atoms with van der Waals surface area (Å²) >= 11 is 1.74. The van der Waals surface area contributed by atoms with Gasteiger partial charge in [0.05, 0.1) is 0 Å². The van der Waals surface area contributed by atoms with Crippen LogP contribution in [0.3, 0.4) is 0 Å². The Hall–Kier alpha value is -2.22. The van der Waals surface area contributed by atoms with Crippen molar-refractivity contribution in [1.82, 2.24) is 0 Å². The molecule has 0 atom stereocenters. The first kappa shape index (κ1) is 42.2. The summed E-state index contributed by atoms with van der Waals surface area (Å²) in [6.07, 6.45) is 5.48. The average molecular weight is 797 g/mol. The van der Waals surface area contributed by atoms with E-state index < -0.39 is 0 Å². The van der Waals surface area contributed by atoms with E-state index in [9.17, 15) is 0 Å². The molecule has 7 rings (SSSR count). The smallest absolute Gasteiger partial charge is 0.0219 e. The molecule has 6 aromatic carbocycles. The fourth-order valence-electron chi connectivity index (χ4n) is 7.07. The van der Waals surface area contributed by atoms with Crippen molar-refractivity contribution in [3.8, 4) is 22.3 Å². The van der Waals surface area contributed by atoms with Crippen LogP contribution < -0.4 is 24.8 Å². The van der Waals surface area contributed by atoms with Gasteiger partial charge in [0.15, 0.2) is 0 Å². The maximum Gasteiger partial charge on any atom is -0.0219 e. The maximum absolute atomic E-state index is 2.47. The van der Waals surface area contributed by atoms with Gasteiger partial charge in [0, 0.05) is 0 Å². The summed E-state index contributed by atoms with van der Waals surface area (Å²) in [5.41, 5.74) is 11.3. The van der Waals surface area contributed by atoms with Crippen LogP contribution in [0, 0.1) is 12.8 Å². The fraction of sp³-hybridized carbons (Fsp3) is 0.348. The Morgan fingerprint density at radius 3 is 1.48 bits per heavy atom. The summed E-state index contributed by atoms with van der Waals surface area (Å²) < 4.78 is 0. The van der Waals surface area contributed by atoms with Gasteiger partial charge in [-0.2, -0.15) is 12.1 Å². The van der Waals surface area contributed by atoms with Crippen LogP contribution in [0.4, 0.5) is 0 Å². The SMILES string of the molecule is CC1CCC(c2cc3c(-c4ccc(C(C)C)cc4)cccc3[cH-]2)CC1.C[Si](C)=[Zr+2].Cc1cc2c(-c3ccc(C(C)C)cc3)cccc2[cH-]1.[Cl-].[Cl-]. The Bertz CT molecular complexity index is 1930. The van der Waals surface area contributed by atoms with E-state index >= 15 is 0 Å². The summed E-state index contributed by atoms with van der Waals surface area (Å²) in [6.45, 7) is 18.1. The van der Waals surface area contributed by atoms with Gasteiger partial charge in [0.1, 0.15) is 0 Å². The number of aryl methyl sites for hydroxylation is 1. The Kier molecular flexibility index (Phi) is 16.5. The first-order valence-electron chi connectivity index (χ1n) is 18.1. The van der Waals surface area contributed by atoms with Gasteiger partial charge in [-0.1, -0.05) is 126 Å². The van der Waals surface area contributed by atoms with Crippen LogP contribution >= 0.6 is 0 Å². The molecule has 0 amide bonds. The number of rotatable bonds is 5. The van der Waals surface area contributed by atoms with Gasteiger partial charge < -0.3 is 24.8 Å². The molecule has 0 unspecified atom stereocenters. The molecule has 262 valence electrons. The number of hydrogen-bond acceptors (Lipinski definition) is 0. The zero-order chi connectivity index (χ0) is 34.4. The normalized spacial score (nSPS) is 15.4. The van der Waals surface area contributed by atoms with Gasteiger partial charge >= 0.3 is 41.9 Å². The van der Waals surface area contributed by atoms with Crippen molar-refractivity contribution in [2.24, 2.45) is 5.92 Å². The van der Waals surface area contributed by atoms with E-state index in [2.05, 4.69) is 164 Å². The second-order valence-electron chi connectivity index (χ2n) is 14.9. The molecule has 0 aromatic heterocycles. The molecule has 0 N–H and O–H groups in total.